The fourth-order valence-electron chi connectivity index (χ4n) is 2.11. The van der Waals surface area contributed by atoms with Gasteiger partial charge in [0.15, 0.2) is 5.82 Å². The second-order valence-electron chi connectivity index (χ2n) is 4.12. The molecule has 0 aliphatic carbocycles. The smallest absolute Gasteiger partial charge is 0.151 e. The highest BCUT2D eigenvalue weighted by atomic mass is 127. The van der Waals surface area contributed by atoms with Crippen LogP contribution in [0.4, 0.5) is 10.2 Å². The molecule has 3 rings (SSSR count). The van der Waals surface area contributed by atoms with Gasteiger partial charge < -0.3 is 10.5 Å². The minimum absolute atomic E-state index is 0.250. The van der Waals surface area contributed by atoms with E-state index < -0.39 is 0 Å². The quantitative estimate of drug-likeness (QED) is 0.795. The Morgan fingerprint density at radius 1 is 1.44 bits per heavy atom. The highest BCUT2D eigenvalue weighted by Gasteiger charge is 2.21. The summed E-state index contributed by atoms with van der Waals surface area (Å²) < 4.78 is 21.1. The lowest BCUT2D eigenvalue weighted by Gasteiger charge is -2.15. The Labute approximate surface area is 117 Å². The average molecular weight is 359 g/mol. The number of halogens is 2. The zero-order chi connectivity index (χ0) is 12.7. The maximum atomic E-state index is 13.1. The van der Waals surface area contributed by atoms with Gasteiger partial charge in [-0.2, -0.15) is 5.10 Å². The predicted molar refractivity (Wildman–Crippen MR) is 74.0 cm³/mol. The Hall–Kier alpha value is -1.15. The minimum Gasteiger partial charge on any atom is -0.382 e. The number of aromatic nitrogens is 2. The van der Waals surface area contributed by atoms with Crippen molar-refractivity contribution in [2.24, 2.45) is 0 Å². The van der Waals surface area contributed by atoms with Gasteiger partial charge in [-0.25, -0.2) is 9.07 Å². The van der Waals surface area contributed by atoms with Crippen LogP contribution in [-0.2, 0) is 17.8 Å². The number of hydrogen-bond acceptors (Lipinski definition) is 3. The van der Waals surface area contributed by atoms with Crippen molar-refractivity contribution in [1.29, 1.82) is 0 Å². The van der Waals surface area contributed by atoms with Crippen LogP contribution in [0.3, 0.4) is 0 Å². The largest absolute Gasteiger partial charge is 0.382 e. The second-order valence-corrected chi connectivity index (χ2v) is 5.28. The number of fused-ring (bicyclic) bond motifs is 1. The van der Waals surface area contributed by atoms with E-state index in [-0.39, 0.29) is 5.82 Å². The van der Waals surface area contributed by atoms with E-state index in [0.29, 0.717) is 19.0 Å². The van der Waals surface area contributed by atoms with Gasteiger partial charge in [-0.05, 0) is 40.8 Å². The zero-order valence-electron chi connectivity index (χ0n) is 9.49. The zero-order valence-corrected chi connectivity index (χ0v) is 11.6. The van der Waals surface area contributed by atoms with E-state index in [0.717, 1.165) is 26.9 Å². The molecule has 4 nitrogen and oxygen atoms in total. The lowest BCUT2D eigenvalue weighted by Crippen LogP contribution is -2.13. The monoisotopic (exact) mass is 359 g/mol. The molecule has 0 bridgehead atoms. The molecule has 1 aromatic carbocycles. The Bertz CT molecular complexity index is 612. The van der Waals surface area contributed by atoms with Crippen molar-refractivity contribution in [3.8, 4) is 5.69 Å². The van der Waals surface area contributed by atoms with Gasteiger partial charge >= 0.3 is 0 Å². The Balaban J connectivity index is 2.17. The van der Waals surface area contributed by atoms with Crippen LogP contribution in [0.1, 0.15) is 11.3 Å². The van der Waals surface area contributed by atoms with Crippen LogP contribution in [0.15, 0.2) is 18.2 Å². The van der Waals surface area contributed by atoms with Crippen LogP contribution in [0.25, 0.3) is 5.69 Å². The summed E-state index contributed by atoms with van der Waals surface area (Å²) in [6.45, 7) is 1.16. The van der Waals surface area contributed by atoms with Gasteiger partial charge in [0.25, 0.3) is 0 Å². The number of hydrogen-bond donors (Lipinski definition) is 1. The average Bonchev–Trinajstić information content (AvgIpc) is 2.68. The number of nitrogens with two attached hydrogens (primary N) is 1. The van der Waals surface area contributed by atoms with Crippen LogP contribution < -0.4 is 5.73 Å². The molecule has 0 radical (unpaired) electrons. The molecule has 2 N–H and O–H groups in total. The molecule has 0 amide bonds. The van der Waals surface area contributed by atoms with Crippen LogP contribution >= 0.6 is 22.6 Å². The molecular formula is C12H11FIN3O. The SMILES string of the molecule is Nc1nn(-c2ccc(F)cc2I)c2c1COCC2. The predicted octanol–water partition coefficient (Wildman–Crippen LogP) is 2.27. The van der Waals surface area contributed by atoms with Gasteiger partial charge in [0.05, 0.1) is 24.6 Å². The van der Waals surface area contributed by atoms with Crippen LogP contribution in [0.2, 0.25) is 0 Å². The molecule has 6 heteroatoms. The topological polar surface area (TPSA) is 53.1 Å². The van der Waals surface area contributed by atoms with E-state index in [1.165, 1.54) is 12.1 Å². The highest BCUT2D eigenvalue weighted by molar-refractivity contribution is 14.1. The number of anilines is 1. The van der Waals surface area contributed by atoms with Gasteiger partial charge in [0, 0.05) is 15.6 Å². The third-order valence-corrected chi connectivity index (χ3v) is 3.85. The fraction of sp³-hybridized carbons (Fsp3) is 0.250. The first-order valence-electron chi connectivity index (χ1n) is 5.56. The summed E-state index contributed by atoms with van der Waals surface area (Å²) in [7, 11) is 0. The standard InChI is InChI=1S/C12H11FIN3O/c13-7-1-2-11(9(14)5-7)17-10-3-4-18-6-8(10)12(15)16-17/h1-2,5H,3-4,6H2,(H2,15,16). The van der Waals surface area contributed by atoms with E-state index in [4.69, 9.17) is 10.5 Å². The molecule has 1 aliphatic heterocycles. The van der Waals surface area contributed by atoms with Crippen molar-refractivity contribution < 1.29 is 9.13 Å². The summed E-state index contributed by atoms with van der Waals surface area (Å²) in [5.41, 5.74) is 8.75. The Kier molecular flexibility index (Phi) is 2.98. The molecule has 0 spiro atoms. The van der Waals surface area contributed by atoms with Gasteiger partial charge in [0.2, 0.25) is 0 Å². The van der Waals surface area contributed by atoms with Gasteiger partial charge in [-0.3, -0.25) is 0 Å². The third kappa shape index (κ3) is 1.89. The molecule has 0 saturated carbocycles. The number of nitrogen functional groups attached to an aromatic ring is 1. The molecule has 18 heavy (non-hydrogen) atoms. The van der Waals surface area contributed by atoms with Crippen molar-refractivity contribution in [2.45, 2.75) is 13.0 Å². The van der Waals surface area contributed by atoms with Gasteiger partial charge in [-0.1, -0.05) is 0 Å². The minimum atomic E-state index is -0.250. The van der Waals surface area contributed by atoms with E-state index in [2.05, 4.69) is 27.7 Å². The Morgan fingerprint density at radius 2 is 2.28 bits per heavy atom. The van der Waals surface area contributed by atoms with Crippen LogP contribution in [0.5, 0.6) is 0 Å². The molecule has 0 fully saturated rings. The first-order chi connectivity index (χ1) is 8.66. The molecule has 1 aliphatic rings. The van der Waals surface area contributed by atoms with Crippen molar-refractivity contribution in [2.75, 3.05) is 12.3 Å². The molecular weight excluding hydrogens is 348 g/mol. The van der Waals surface area contributed by atoms with E-state index in [1.807, 2.05) is 0 Å². The summed E-state index contributed by atoms with van der Waals surface area (Å²) >= 11 is 2.10. The maximum Gasteiger partial charge on any atom is 0.151 e. The number of rotatable bonds is 1. The number of ether oxygens (including phenoxy) is 1. The van der Waals surface area contributed by atoms with Crippen molar-refractivity contribution in [3.05, 3.63) is 38.8 Å². The summed E-state index contributed by atoms with van der Waals surface area (Å²) in [6, 6.07) is 4.64. The lowest BCUT2D eigenvalue weighted by molar-refractivity contribution is 0.110. The number of nitrogens with zero attached hydrogens (tertiary/aromatic N) is 2. The fourth-order valence-corrected chi connectivity index (χ4v) is 2.82. The summed E-state index contributed by atoms with van der Waals surface area (Å²) in [5, 5.41) is 4.34. The van der Waals surface area contributed by atoms with Crippen LogP contribution in [-0.4, -0.2) is 16.4 Å². The molecule has 2 aromatic rings. The first kappa shape index (κ1) is 11.9. The third-order valence-electron chi connectivity index (χ3n) is 2.99. The highest BCUT2D eigenvalue weighted by Crippen LogP contribution is 2.27. The molecule has 94 valence electrons. The molecule has 2 heterocycles. The summed E-state index contributed by atoms with van der Waals surface area (Å²) in [5.74, 6) is 0.241. The first-order valence-corrected chi connectivity index (χ1v) is 6.64. The van der Waals surface area contributed by atoms with Crippen molar-refractivity contribution in [3.63, 3.8) is 0 Å². The maximum absolute atomic E-state index is 13.1. The Morgan fingerprint density at radius 3 is 3.06 bits per heavy atom. The van der Waals surface area contributed by atoms with Gasteiger partial charge in [-0.15, -0.1) is 0 Å². The van der Waals surface area contributed by atoms with E-state index in [9.17, 15) is 4.39 Å². The molecule has 0 unspecified atom stereocenters. The van der Waals surface area contributed by atoms with Crippen LogP contribution in [0, 0.1) is 9.39 Å². The normalized spacial score (nSPS) is 14.6. The molecule has 1 aromatic heterocycles. The van der Waals surface area contributed by atoms with E-state index in [1.54, 1.807) is 10.7 Å². The van der Waals surface area contributed by atoms with Crippen molar-refractivity contribution in [1.82, 2.24) is 9.78 Å². The summed E-state index contributed by atoms with van der Waals surface area (Å²) in [4.78, 5) is 0. The van der Waals surface area contributed by atoms with E-state index >= 15 is 0 Å². The van der Waals surface area contributed by atoms with Crippen molar-refractivity contribution >= 4 is 28.4 Å². The lowest BCUT2D eigenvalue weighted by atomic mass is 10.1. The van der Waals surface area contributed by atoms with Gasteiger partial charge in [0.1, 0.15) is 5.82 Å². The summed E-state index contributed by atoms with van der Waals surface area (Å²) in [6.07, 6.45) is 0.771. The molecule has 0 atom stereocenters. The molecule has 0 saturated heterocycles. The number of benzene rings is 1. The second kappa shape index (κ2) is 4.51.